The Hall–Kier alpha value is -1.35. The molecule has 1 atom stereocenters. The highest BCUT2D eigenvalue weighted by Crippen LogP contribution is 2.14. The Morgan fingerprint density at radius 3 is 2.53 bits per heavy atom. The molecule has 0 radical (unpaired) electrons. The summed E-state index contributed by atoms with van der Waals surface area (Å²) in [6.07, 6.45) is 3.15. The topological polar surface area (TPSA) is 55.1 Å². The van der Waals surface area contributed by atoms with Crippen molar-refractivity contribution in [2.45, 2.75) is 58.0 Å². The molecule has 3 nitrogen and oxygen atoms in total. The van der Waals surface area contributed by atoms with Gasteiger partial charge in [-0.05, 0) is 45.6 Å². The molecule has 0 aliphatic rings. The molecule has 1 amide bonds. The van der Waals surface area contributed by atoms with Gasteiger partial charge in [0.25, 0.3) is 0 Å². The molecule has 106 valence electrons. The molecule has 3 heteroatoms. The first-order valence-electron chi connectivity index (χ1n) is 6.99. The molecule has 0 aliphatic heterocycles. The molecule has 1 rings (SSSR count). The Labute approximate surface area is 116 Å². The predicted molar refractivity (Wildman–Crippen MR) is 79.9 cm³/mol. The van der Waals surface area contributed by atoms with Crippen LogP contribution in [0.3, 0.4) is 0 Å². The summed E-state index contributed by atoms with van der Waals surface area (Å²) in [6.45, 7) is 6.06. The average molecular weight is 262 g/mol. The maximum atomic E-state index is 11.8. The highest BCUT2D eigenvalue weighted by atomic mass is 16.1. The molecule has 19 heavy (non-hydrogen) atoms. The molecule has 1 aromatic rings. The minimum atomic E-state index is -0.176. The summed E-state index contributed by atoms with van der Waals surface area (Å²) in [5.41, 5.74) is 6.79. The molecule has 0 heterocycles. The summed E-state index contributed by atoms with van der Waals surface area (Å²) >= 11 is 0. The van der Waals surface area contributed by atoms with Crippen LogP contribution in [0.15, 0.2) is 30.3 Å². The lowest BCUT2D eigenvalue weighted by molar-refractivity contribution is -0.122. The number of carbonyl (C=O) groups is 1. The van der Waals surface area contributed by atoms with Crippen LogP contribution >= 0.6 is 0 Å². The van der Waals surface area contributed by atoms with Crippen molar-refractivity contribution in [3.63, 3.8) is 0 Å². The normalized spacial score (nSPS) is 13.1. The van der Waals surface area contributed by atoms with Crippen molar-refractivity contribution < 1.29 is 4.79 Å². The van der Waals surface area contributed by atoms with E-state index in [2.05, 4.69) is 31.3 Å². The molecule has 0 aliphatic carbocycles. The van der Waals surface area contributed by atoms with Crippen LogP contribution in [-0.2, 0) is 11.2 Å². The quantitative estimate of drug-likeness (QED) is 0.793. The molecular formula is C16H26N2O. The first-order valence-corrected chi connectivity index (χ1v) is 6.99. The fraction of sp³-hybridized carbons (Fsp3) is 0.562. The molecule has 0 aromatic heterocycles. The van der Waals surface area contributed by atoms with E-state index in [4.69, 9.17) is 5.73 Å². The van der Waals surface area contributed by atoms with Crippen LogP contribution in [0.25, 0.3) is 0 Å². The van der Waals surface area contributed by atoms with E-state index in [9.17, 15) is 4.79 Å². The number of hydrogen-bond acceptors (Lipinski definition) is 2. The number of hydrogen-bond donors (Lipinski definition) is 2. The molecular weight excluding hydrogens is 236 g/mol. The van der Waals surface area contributed by atoms with Crippen LogP contribution in [0.1, 0.15) is 45.6 Å². The van der Waals surface area contributed by atoms with Crippen LogP contribution < -0.4 is 11.1 Å². The Morgan fingerprint density at radius 1 is 1.32 bits per heavy atom. The van der Waals surface area contributed by atoms with E-state index < -0.39 is 0 Å². The van der Waals surface area contributed by atoms with Crippen LogP contribution in [0, 0.1) is 0 Å². The fourth-order valence-corrected chi connectivity index (χ4v) is 1.96. The summed E-state index contributed by atoms with van der Waals surface area (Å²) in [5.74, 6) is 0.0929. The second-order valence-corrected chi connectivity index (χ2v) is 5.93. The number of carbonyl (C=O) groups excluding carboxylic acids is 1. The van der Waals surface area contributed by atoms with Crippen molar-refractivity contribution >= 4 is 5.91 Å². The molecule has 0 fully saturated rings. The molecule has 0 spiro atoms. The lowest BCUT2D eigenvalue weighted by atomic mass is 9.95. The third-order valence-corrected chi connectivity index (χ3v) is 3.19. The SMILES string of the molecule is CC(N)CCC(=O)NC(C)(C)CCc1ccccc1. The van der Waals surface area contributed by atoms with Crippen LogP contribution in [0.4, 0.5) is 0 Å². The number of nitrogens with two attached hydrogens (primary N) is 1. The van der Waals surface area contributed by atoms with Gasteiger partial charge in [-0.3, -0.25) is 4.79 Å². The van der Waals surface area contributed by atoms with Crippen molar-refractivity contribution in [2.24, 2.45) is 5.73 Å². The summed E-state index contributed by atoms with van der Waals surface area (Å²) < 4.78 is 0. The standard InChI is InChI=1S/C16H26N2O/c1-13(17)9-10-15(19)18-16(2,3)12-11-14-7-5-4-6-8-14/h4-8,13H,9-12,17H2,1-3H3,(H,18,19). The Bertz CT molecular complexity index is 385. The summed E-state index contributed by atoms with van der Waals surface area (Å²) in [6, 6.07) is 10.4. The zero-order chi connectivity index (χ0) is 14.3. The number of aryl methyl sites for hydroxylation is 1. The average Bonchev–Trinajstić information content (AvgIpc) is 2.35. The molecule has 3 N–H and O–H groups in total. The van der Waals surface area contributed by atoms with Crippen molar-refractivity contribution in [1.82, 2.24) is 5.32 Å². The van der Waals surface area contributed by atoms with Crippen molar-refractivity contribution in [1.29, 1.82) is 0 Å². The van der Waals surface area contributed by atoms with E-state index in [1.165, 1.54) is 5.56 Å². The minimum Gasteiger partial charge on any atom is -0.351 e. The van der Waals surface area contributed by atoms with Gasteiger partial charge in [-0.1, -0.05) is 30.3 Å². The number of amides is 1. The van der Waals surface area contributed by atoms with E-state index in [1.54, 1.807) is 0 Å². The van der Waals surface area contributed by atoms with Crippen molar-refractivity contribution in [2.75, 3.05) is 0 Å². The zero-order valence-electron chi connectivity index (χ0n) is 12.3. The van der Waals surface area contributed by atoms with E-state index in [-0.39, 0.29) is 17.5 Å². The van der Waals surface area contributed by atoms with Gasteiger partial charge in [-0.25, -0.2) is 0 Å². The van der Waals surface area contributed by atoms with Gasteiger partial charge < -0.3 is 11.1 Å². The number of nitrogens with one attached hydrogen (secondary N) is 1. The maximum absolute atomic E-state index is 11.8. The van der Waals surface area contributed by atoms with Gasteiger partial charge in [0.1, 0.15) is 0 Å². The van der Waals surface area contributed by atoms with Crippen LogP contribution in [0.2, 0.25) is 0 Å². The Kier molecular flexibility index (Phi) is 6.03. The van der Waals surface area contributed by atoms with E-state index in [1.807, 2.05) is 25.1 Å². The summed E-state index contributed by atoms with van der Waals surface area (Å²) in [4.78, 5) is 11.8. The third kappa shape index (κ3) is 6.97. The third-order valence-electron chi connectivity index (χ3n) is 3.19. The minimum absolute atomic E-state index is 0.0816. The zero-order valence-corrected chi connectivity index (χ0v) is 12.3. The molecule has 1 aromatic carbocycles. The molecule has 1 unspecified atom stereocenters. The highest BCUT2D eigenvalue weighted by molar-refractivity contribution is 5.76. The van der Waals surface area contributed by atoms with Gasteiger partial charge in [0.05, 0.1) is 0 Å². The highest BCUT2D eigenvalue weighted by Gasteiger charge is 2.20. The lowest BCUT2D eigenvalue weighted by Gasteiger charge is -2.26. The maximum Gasteiger partial charge on any atom is 0.220 e. The van der Waals surface area contributed by atoms with Crippen LogP contribution in [0.5, 0.6) is 0 Å². The van der Waals surface area contributed by atoms with Gasteiger partial charge in [-0.15, -0.1) is 0 Å². The summed E-state index contributed by atoms with van der Waals surface area (Å²) in [7, 11) is 0. The molecule has 0 saturated heterocycles. The Balaban J connectivity index is 2.36. The van der Waals surface area contributed by atoms with Gasteiger partial charge in [0, 0.05) is 18.0 Å². The van der Waals surface area contributed by atoms with E-state index in [0.29, 0.717) is 6.42 Å². The lowest BCUT2D eigenvalue weighted by Crippen LogP contribution is -2.44. The van der Waals surface area contributed by atoms with Crippen molar-refractivity contribution in [3.8, 4) is 0 Å². The smallest absolute Gasteiger partial charge is 0.220 e. The number of rotatable bonds is 7. The van der Waals surface area contributed by atoms with Gasteiger partial charge >= 0.3 is 0 Å². The molecule has 0 bridgehead atoms. The number of benzene rings is 1. The predicted octanol–water partition coefficient (Wildman–Crippen LogP) is 2.64. The Morgan fingerprint density at radius 2 is 1.95 bits per heavy atom. The fourth-order valence-electron chi connectivity index (χ4n) is 1.96. The van der Waals surface area contributed by atoms with E-state index >= 15 is 0 Å². The van der Waals surface area contributed by atoms with Crippen LogP contribution in [-0.4, -0.2) is 17.5 Å². The first-order chi connectivity index (χ1) is 8.89. The second-order valence-electron chi connectivity index (χ2n) is 5.93. The monoisotopic (exact) mass is 262 g/mol. The van der Waals surface area contributed by atoms with Gasteiger partial charge in [-0.2, -0.15) is 0 Å². The largest absolute Gasteiger partial charge is 0.351 e. The second kappa shape index (κ2) is 7.29. The molecule has 0 saturated carbocycles. The first kappa shape index (κ1) is 15.7. The summed E-state index contributed by atoms with van der Waals surface area (Å²) in [5, 5.41) is 3.09. The van der Waals surface area contributed by atoms with E-state index in [0.717, 1.165) is 19.3 Å². The van der Waals surface area contributed by atoms with Crippen molar-refractivity contribution in [3.05, 3.63) is 35.9 Å². The van der Waals surface area contributed by atoms with Gasteiger partial charge in [0.2, 0.25) is 5.91 Å². The van der Waals surface area contributed by atoms with Gasteiger partial charge in [0.15, 0.2) is 0 Å².